The molecule has 3 aliphatic rings. The Morgan fingerprint density at radius 3 is 2.14 bits per heavy atom. The zero-order valence-electron chi connectivity index (χ0n) is 15.4. The summed E-state index contributed by atoms with van der Waals surface area (Å²) in [6.07, 6.45) is 0.820. The molecule has 0 N–H and O–H groups in total. The second-order valence-corrected chi connectivity index (χ2v) is 10.3. The Kier molecular flexibility index (Phi) is 5.63. The maximum Gasteiger partial charge on any atom is 0.329 e. The van der Waals surface area contributed by atoms with Gasteiger partial charge in [0, 0.05) is 20.2 Å². The summed E-state index contributed by atoms with van der Waals surface area (Å²) in [6.45, 7) is 0.997. The quantitative estimate of drug-likeness (QED) is 0.245. The first kappa shape index (κ1) is 21.0. The molecule has 9 heteroatoms. The molecule has 2 amide bonds. The van der Waals surface area contributed by atoms with Crippen molar-refractivity contribution in [2.45, 2.75) is 29.0 Å². The standard InChI is InChI=1S/C20H18Br2ClNO5/c1-8(20(28)29-7-13(25)9-2-4-10(23)5-3-9)24-18(26)14-11-6-12(15(14)19(24)27)17(22)16(11)21/h2-5,8,11-12,14-17H,6-7H2,1H3/t8-,11-,12-,14-,15+,16-,17+/m0/s1. The van der Waals surface area contributed by atoms with Gasteiger partial charge in [0.05, 0.1) is 11.8 Å². The topological polar surface area (TPSA) is 80.8 Å². The lowest BCUT2D eigenvalue weighted by Gasteiger charge is -2.28. The van der Waals surface area contributed by atoms with Crippen molar-refractivity contribution in [1.29, 1.82) is 0 Å². The SMILES string of the molecule is C[C@@H](C(=O)OCC(=O)c1ccc(Cl)cc1)N1C(=O)[C@@H]2[C@@H]3C[C@H]([C@H](Br)[C@@H]3Br)[C@@H]2C1=O. The molecule has 3 fully saturated rings. The average Bonchev–Trinajstić information content (AvgIpc) is 3.30. The predicted molar refractivity (Wildman–Crippen MR) is 112 cm³/mol. The van der Waals surface area contributed by atoms with Gasteiger partial charge in [0.15, 0.2) is 12.4 Å². The van der Waals surface area contributed by atoms with Gasteiger partial charge in [-0.15, -0.1) is 0 Å². The van der Waals surface area contributed by atoms with E-state index in [2.05, 4.69) is 31.9 Å². The van der Waals surface area contributed by atoms with Crippen molar-refractivity contribution in [1.82, 2.24) is 4.90 Å². The van der Waals surface area contributed by atoms with Crippen molar-refractivity contribution in [3.63, 3.8) is 0 Å². The van der Waals surface area contributed by atoms with Gasteiger partial charge in [-0.3, -0.25) is 19.3 Å². The Morgan fingerprint density at radius 1 is 1.10 bits per heavy atom. The molecule has 154 valence electrons. The lowest BCUT2D eigenvalue weighted by atomic mass is 9.81. The molecule has 1 saturated heterocycles. The lowest BCUT2D eigenvalue weighted by molar-refractivity contribution is -0.157. The fraction of sp³-hybridized carbons (Fsp3) is 0.500. The number of ketones is 1. The van der Waals surface area contributed by atoms with Crippen molar-refractivity contribution < 1.29 is 23.9 Å². The number of ether oxygens (including phenoxy) is 1. The van der Waals surface area contributed by atoms with Gasteiger partial charge in [0.1, 0.15) is 6.04 Å². The number of rotatable bonds is 5. The number of likely N-dealkylation sites (tertiary alicyclic amines) is 1. The van der Waals surface area contributed by atoms with E-state index >= 15 is 0 Å². The molecule has 0 spiro atoms. The van der Waals surface area contributed by atoms with Gasteiger partial charge in [-0.2, -0.15) is 0 Å². The number of hydrogen-bond acceptors (Lipinski definition) is 5. The molecule has 1 aliphatic heterocycles. The summed E-state index contributed by atoms with van der Waals surface area (Å²) in [4.78, 5) is 51.9. The fourth-order valence-electron chi connectivity index (χ4n) is 4.84. The highest BCUT2D eigenvalue weighted by atomic mass is 79.9. The monoisotopic (exact) mass is 545 g/mol. The van der Waals surface area contributed by atoms with E-state index in [1.54, 1.807) is 24.3 Å². The maximum absolute atomic E-state index is 13.0. The molecule has 29 heavy (non-hydrogen) atoms. The summed E-state index contributed by atoms with van der Waals surface area (Å²) < 4.78 is 5.11. The second-order valence-electron chi connectivity index (χ2n) is 7.76. The summed E-state index contributed by atoms with van der Waals surface area (Å²) in [5.74, 6) is -2.42. The first-order chi connectivity index (χ1) is 13.7. The van der Waals surface area contributed by atoms with E-state index < -0.39 is 30.5 Å². The van der Waals surface area contributed by atoms with Crippen LogP contribution in [-0.4, -0.2) is 50.8 Å². The number of amides is 2. The third-order valence-corrected chi connectivity index (χ3v) is 9.72. The van der Waals surface area contributed by atoms with Crippen LogP contribution >= 0.6 is 43.5 Å². The van der Waals surface area contributed by atoms with Crippen molar-refractivity contribution in [2.75, 3.05) is 6.61 Å². The van der Waals surface area contributed by atoms with Crippen LogP contribution in [0.5, 0.6) is 0 Å². The highest BCUT2D eigenvalue weighted by molar-refractivity contribution is 9.12. The van der Waals surface area contributed by atoms with E-state index in [1.807, 2.05) is 0 Å². The number of fused-ring (bicyclic) bond motifs is 5. The molecule has 2 saturated carbocycles. The van der Waals surface area contributed by atoms with Crippen LogP contribution in [-0.2, 0) is 19.1 Å². The van der Waals surface area contributed by atoms with Crippen LogP contribution in [0.1, 0.15) is 23.7 Å². The van der Waals surface area contributed by atoms with Crippen LogP contribution in [0.15, 0.2) is 24.3 Å². The molecule has 1 aromatic rings. The molecular weight excluding hydrogens is 529 g/mol. The number of halogens is 3. The van der Waals surface area contributed by atoms with Gasteiger partial charge in [-0.1, -0.05) is 43.5 Å². The predicted octanol–water partition coefficient (Wildman–Crippen LogP) is 3.23. The van der Waals surface area contributed by atoms with Gasteiger partial charge in [-0.05, 0) is 49.4 Å². The molecule has 2 aliphatic carbocycles. The molecule has 0 aromatic heterocycles. The fourth-order valence-corrected chi connectivity index (χ4v) is 6.83. The van der Waals surface area contributed by atoms with Crippen LogP contribution in [0.25, 0.3) is 0 Å². The number of Topliss-reactive ketones (excluding diaryl/α,β-unsaturated/α-hetero) is 1. The maximum atomic E-state index is 13.0. The zero-order valence-corrected chi connectivity index (χ0v) is 19.3. The number of esters is 1. The molecule has 4 rings (SSSR count). The van der Waals surface area contributed by atoms with Gasteiger partial charge in [0.25, 0.3) is 0 Å². The number of alkyl halides is 2. The minimum atomic E-state index is -1.07. The molecule has 0 radical (unpaired) electrons. The summed E-state index contributed by atoms with van der Waals surface area (Å²) in [6, 6.07) is 5.16. The highest BCUT2D eigenvalue weighted by Gasteiger charge is 2.67. The lowest BCUT2D eigenvalue weighted by Crippen LogP contribution is -2.45. The minimum absolute atomic E-state index is 0.0746. The number of hydrogen-bond donors (Lipinski definition) is 0. The number of benzene rings is 1. The van der Waals surface area contributed by atoms with Gasteiger partial charge in [-0.25, -0.2) is 4.79 Å². The van der Waals surface area contributed by atoms with Gasteiger partial charge in [0.2, 0.25) is 11.8 Å². The summed E-state index contributed by atoms with van der Waals surface area (Å²) in [7, 11) is 0. The zero-order chi connectivity index (χ0) is 21.0. The summed E-state index contributed by atoms with van der Waals surface area (Å²) in [5, 5.41) is 0.495. The Bertz CT molecular complexity index is 859. The van der Waals surface area contributed by atoms with E-state index in [9.17, 15) is 19.2 Å². The first-order valence-corrected chi connectivity index (χ1v) is 11.5. The number of nitrogens with zero attached hydrogens (tertiary/aromatic N) is 1. The summed E-state index contributed by atoms with van der Waals surface area (Å²) >= 11 is 13.1. The largest absolute Gasteiger partial charge is 0.456 e. The van der Waals surface area contributed by atoms with E-state index in [4.69, 9.17) is 16.3 Å². The molecule has 1 aromatic carbocycles. The Hall–Kier alpha value is -1.25. The average molecular weight is 548 g/mol. The molecule has 2 bridgehead atoms. The Balaban J connectivity index is 1.42. The normalized spacial score (nSPS) is 33.7. The van der Waals surface area contributed by atoms with Crippen molar-refractivity contribution in [3.05, 3.63) is 34.9 Å². The van der Waals surface area contributed by atoms with Crippen LogP contribution in [0.2, 0.25) is 5.02 Å². The summed E-state index contributed by atoms with van der Waals surface area (Å²) in [5.41, 5.74) is 0.362. The molecule has 7 atom stereocenters. The van der Waals surface area contributed by atoms with Crippen LogP contribution < -0.4 is 0 Å². The second kappa shape index (κ2) is 7.78. The van der Waals surface area contributed by atoms with Crippen molar-refractivity contribution in [3.8, 4) is 0 Å². The third-order valence-electron chi connectivity index (χ3n) is 6.26. The molecule has 1 heterocycles. The van der Waals surface area contributed by atoms with E-state index in [1.165, 1.54) is 6.92 Å². The number of imide groups is 1. The van der Waals surface area contributed by atoms with Crippen LogP contribution in [0, 0.1) is 23.7 Å². The van der Waals surface area contributed by atoms with Gasteiger partial charge >= 0.3 is 5.97 Å². The molecular formula is C20H18Br2ClNO5. The Labute approximate surface area is 189 Å². The van der Waals surface area contributed by atoms with E-state index in [0.717, 1.165) is 11.3 Å². The van der Waals surface area contributed by atoms with Crippen molar-refractivity contribution >= 4 is 67.0 Å². The molecule has 6 nitrogen and oxygen atoms in total. The number of carbonyl (C=O) groups is 4. The minimum Gasteiger partial charge on any atom is -0.456 e. The van der Waals surface area contributed by atoms with Crippen LogP contribution in [0.4, 0.5) is 0 Å². The van der Waals surface area contributed by atoms with E-state index in [0.29, 0.717) is 10.6 Å². The van der Waals surface area contributed by atoms with Crippen molar-refractivity contribution in [2.24, 2.45) is 23.7 Å². The Morgan fingerprint density at radius 2 is 1.62 bits per heavy atom. The third kappa shape index (κ3) is 3.37. The van der Waals surface area contributed by atoms with Crippen LogP contribution in [0.3, 0.4) is 0 Å². The molecule has 0 unspecified atom stereocenters. The van der Waals surface area contributed by atoms with Gasteiger partial charge < -0.3 is 4.74 Å². The highest BCUT2D eigenvalue weighted by Crippen LogP contribution is 2.60. The smallest absolute Gasteiger partial charge is 0.329 e. The number of carbonyl (C=O) groups excluding carboxylic acids is 4. The first-order valence-electron chi connectivity index (χ1n) is 9.32. The van der Waals surface area contributed by atoms with E-state index in [-0.39, 0.29) is 39.1 Å².